The zero-order chi connectivity index (χ0) is 22.7. The number of nitrogens with zero attached hydrogens (tertiary/aromatic N) is 1. The van der Waals surface area contributed by atoms with Crippen LogP contribution in [0.4, 0.5) is 9.59 Å². The minimum Gasteiger partial charge on any atom is -0.467 e. The quantitative estimate of drug-likeness (QED) is 0.583. The van der Waals surface area contributed by atoms with Crippen molar-refractivity contribution in [1.82, 2.24) is 9.88 Å². The Morgan fingerprint density at radius 2 is 1.50 bits per heavy atom. The molecule has 0 aliphatic carbocycles. The molecule has 0 spiro atoms. The molecule has 0 aliphatic rings. The molecule has 164 valence electrons. The molecule has 1 aromatic carbocycles. The molecule has 0 radical (unpaired) electrons. The second-order valence-corrected chi connectivity index (χ2v) is 8.93. The van der Waals surface area contributed by atoms with E-state index in [4.69, 9.17) is 14.2 Å². The monoisotopic (exact) mass is 418 g/mol. The zero-order valence-electron chi connectivity index (χ0n) is 18.6. The van der Waals surface area contributed by atoms with Gasteiger partial charge in [-0.1, -0.05) is 18.2 Å². The molecular weight excluding hydrogens is 388 g/mol. The summed E-state index contributed by atoms with van der Waals surface area (Å²) in [6.07, 6.45) is -0.183. The van der Waals surface area contributed by atoms with E-state index in [2.05, 4.69) is 4.98 Å². The Kier molecular flexibility index (Phi) is 6.80. The number of ether oxygens (including phenoxy) is 3. The maximum atomic E-state index is 12.9. The first-order valence-corrected chi connectivity index (χ1v) is 9.70. The van der Waals surface area contributed by atoms with E-state index < -0.39 is 35.4 Å². The Morgan fingerprint density at radius 1 is 0.967 bits per heavy atom. The third kappa shape index (κ3) is 5.98. The van der Waals surface area contributed by atoms with Crippen molar-refractivity contribution in [2.24, 2.45) is 0 Å². The number of carbonyl (C=O) groups excluding carboxylic acids is 3. The van der Waals surface area contributed by atoms with Gasteiger partial charge in [0.25, 0.3) is 0 Å². The van der Waals surface area contributed by atoms with Crippen LogP contribution in [0.3, 0.4) is 0 Å². The van der Waals surface area contributed by atoms with Gasteiger partial charge >= 0.3 is 18.2 Å². The summed E-state index contributed by atoms with van der Waals surface area (Å²) < 4.78 is 15.7. The maximum Gasteiger partial charge on any atom is 0.420 e. The molecule has 2 amide bonds. The number of benzene rings is 1. The lowest BCUT2D eigenvalue weighted by atomic mass is 10.0. The van der Waals surface area contributed by atoms with Crippen molar-refractivity contribution in [3.63, 3.8) is 0 Å². The Hall–Kier alpha value is -3.03. The average Bonchev–Trinajstić information content (AvgIpc) is 3.00. The van der Waals surface area contributed by atoms with Gasteiger partial charge in [0.1, 0.15) is 17.2 Å². The van der Waals surface area contributed by atoms with Crippen LogP contribution in [-0.2, 0) is 25.4 Å². The lowest BCUT2D eigenvalue weighted by Crippen LogP contribution is -2.53. The van der Waals surface area contributed by atoms with Crippen LogP contribution in [0.25, 0.3) is 10.9 Å². The number of para-hydroxylation sites is 1. The molecule has 1 atom stereocenters. The largest absolute Gasteiger partial charge is 0.467 e. The molecule has 30 heavy (non-hydrogen) atoms. The number of methoxy groups -OCH3 is 1. The molecule has 0 bridgehead atoms. The van der Waals surface area contributed by atoms with Crippen molar-refractivity contribution < 1.29 is 28.6 Å². The summed E-state index contributed by atoms with van der Waals surface area (Å²) in [5.74, 6) is -0.753. The van der Waals surface area contributed by atoms with Gasteiger partial charge in [0.2, 0.25) is 0 Å². The Bertz CT molecular complexity index is 892. The van der Waals surface area contributed by atoms with Crippen molar-refractivity contribution >= 4 is 29.1 Å². The van der Waals surface area contributed by atoms with E-state index in [0.29, 0.717) is 4.90 Å². The smallest absolute Gasteiger partial charge is 0.420 e. The van der Waals surface area contributed by atoms with Crippen molar-refractivity contribution in [2.75, 3.05) is 7.11 Å². The number of rotatable bonds is 4. The number of carbonyl (C=O) groups is 3. The van der Waals surface area contributed by atoms with Gasteiger partial charge in [-0.2, -0.15) is 4.90 Å². The van der Waals surface area contributed by atoms with Crippen LogP contribution < -0.4 is 0 Å². The number of aromatic amines is 1. The Morgan fingerprint density at radius 3 is 2.00 bits per heavy atom. The van der Waals surface area contributed by atoms with Crippen molar-refractivity contribution in [2.45, 2.75) is 65.2 Å². The summed E-state index contributed by atoms with van der Waals surface area (Å²) in [7, 11) is 1.20. The van der Waals surface area contributed by atoms with E-state index >= 15 is 0 Å². The fraction of sp³-hybridized carbons (Fsp3) is 0.500. The molecule has 0 saturated carbocycles. The average molecular weight is 418 g/mol. The maximum absolute atomic E-state index is 12.9. The van der Waals surface area contributed by atoms with Crippen LogP contribution >= 0.6 is 0 Å². The zero-order valence-corrected chi connectivity index (χ0v) is 18.6. The molecule has 1 unspecified atom stereocenters. The molecule has 0 aliphatic heterocycles. The number of amides is 2. The van der Waals surface area contributed by atoms with Gasteiger partial charge in [-0.05, 0) is 53.2 Å². The summed E-state index contributed by atoms with van der Waals surface area (Å²) in [5, 5.41) is 0.875. The highest BCUT2D eigenvalue weighted by Crippen LogP contribution is 2.24. The highest BCUT2D eigenvalue weighted by atomic mass is 16.6. The van der Waals surface area contributed by atoms with Gasteiger partial charge in [0.15, 0.2) is 0 Å². The minimum atomic E-state index is -1.26. The van der Waals surface area contributed by atoms with Gasteiger partial charge in [-0.3, -0.25) is 0 Å². The normalized spacial score (nSPS) is 12.9. The van der Waals surface area contributed by atoms with E-state index in [1.54, 1.807) is 47.7 Å². The second-order valence-electron chi connectivity index (χ2n) is 8.93. The highest BCUT2D eigenvalue weighted by Gasteiger charge is 2.41. The SMILES string of the molecule is COC(=O)C(Cc1c[nH]c2ccccc12)N(C(=O)OC(C)(C)C)C(=O)OC(C)(C)C. The minimum absolute atomic E-state index is 0.0369. The molecule has 2 aromatic rings. The van der Waals surface area contributed by atoms with E-state index in [-0.39, 0.29) is 6.42 Å². The molecule has 1 N–H and O–H groups in total. The number of hydrogen-bond acceptors (Lipinski definition) is 6. The fourth-order valence-electron chi connectivity index (χ4n) is 2.88. The van der Waals surface area contributed by atoms with Crippen LogP contribution in [0.15, 0.2) is 30.5 Å². The number of aromatic nitrogens is 1. The predicted octanol–water partition coefficient (Wildman–Crippen LogP) is 4.42. The number of fused-ring (bicyclic) bond motifs is 1. The van der Waals surface area contributed by atoms with Crippen molar-refractivity contribution in [3.05, 3.63) is 36.0 Å². The Balaban J connectivity index is 2.48. The van der Waals surface area contributed by atoms with Crippen molar-refractivity contribution in [3.8, 4) is 0 Å². The van der Waals surface area contributed by atoms with E-state index in [1.807, 2.05) is 24.3 Å². The lowest BCUT2D eigenvalue weighted by Gasteiger charge is -2.32. The number of H-pyrrole nitrogens is 1. The highest BCUT2D eigenvalue weighted by molar-refractivity contribution is 5.95. The summed E-state index contributed by atoms with van der Waals surface area (Å²) in [6, 6.07) is 6.27. The standard InChI is InChI=1S/C22H30N2O6/c1-21(2,3)29-19(26)24(20(27)30-22(4,5)6)17(18(25)28-7)12-14-13-23-16-11-9-8-10-15(14)16/h8-11,13,17,23H,12H2,1-7H3. The van der Waals surface area contributed by atoms with Crippen LogP contribution in [0.1, 0.15) is 47.1 Å². The third-order valence-corrected chi connectivity index (χ3v) is 4.05. The first-order valence-electron chi connectivity index (χ1n) is 9.70. The molecule has 2 rings (SSSR count). The van der Waals surface area contributed by atoms with Crippen LogP contribution in [-0.4, -0.2) is 52.4 Å². The second kappa shape index (κ2) is 8.77. The van der Waals surface area contributed by atoms with Crippen LogP contribution in [0.5, 0.6) is 0 Å². The van der Waals surface area contributed by atoms with Gasteiger partial charge < -0.3 is 19.2 Å². The predicted molar refractivity (Wildman–Crippen MR) is 112 cm³/mol. The van der Waals surface area contributed by atoms with Crippen LogP contribution in [0.2, 0.25) is 0 Å². The number of imide groups is 1. The molecule has 1 aromatic heterocycles. The number of esters is 1. The topological polar surface area (TPSA) is 97.9 Å². The molecule has 1 heterocycles. The van der Waals surface area contributed by atoms with E-state index in [1.165, 1.54) is 7.11 Å². The van der Waals surface area contributed by atoms with Gasteiger partial charge in [-0.15, -0.1) is 0 Å². The van der Waals surface area contributed by atoms with Gasteiger partial charge in [0, 0.05) is 23.5 Å². The van der Waals surface area contributed by atoms with Crippen molar-refractivity contribution in [1.29, 1.82) is 0 Å². The fourth-order valence-corrected chi connectivity index (χ4v) is 2.88. The number of hydrogen-bond donors (Lipinski definition) is 1. The van der Waals surface area contributed by atoms with Gasteiger partial charge in [0.05, 0.1) is 7.11 Å². The molecule has 0 saturated heterocycles. The van der Waals surface area contributed by atoms with E-state index in [0.717, 1.165) is 16.5 Å². The van der Waals surface area contributed by atoms with E-state index in [9.17, 15) is 14.4 Å². The lowest BCUT2D eigenvalue weighted by molar-refractivity contribution is -0.146. The van der Waals surface area contributed by atoms with Gasteiger partial charge in [-0.25, -0.2) is 14.4 Å². The summed E-state index contributed by atoms with van der Waals surface area (Å²) >= 11 is 0. The first kappa shape index (κ1) is 23.3. The molecule has 8 heteroatoms. The third-order valence-electron chi connectivity index (χ3n) is 4.05. The van der Waals surface area contributed by atoms with Crippen LogP contribution in [0, 0.1) is 0 Å². The summed E-state index contributed by atoms with van der Waals surface area (Å²) in [4.78, 5) is 42.3. The first-order chi connectivity index (χ1) is 13.8. The molecule has 0 fully saturated rings. The summed E-state index contributed by atoms with van der Waals surface area (Å²) in [6.45, 7) is 10.0. The Labute approximate surface area is 176 Å². The molecule has 8 nitrogen and oxygen atoms in total. The number of nitrogens with one attached hydrogen (secondary N) is 1. The summed E-state index contributed by atoms with van der Waals surface area (Å²) in [5.41, 5.74) is -0.132. The molecular formula is C22H30N2O6.